The zero-order chi connectivity index (χ0) is 21.0. The van der Waals surface area contributed by atoms with E-state index in [1.54, 1.807) is 66.2 Å². The van der Waals surface area contributed by atoms with Gasteiger partial charge in [0, 0.05) is 11.6 Å². The molecule has 1 heterocycles. The van der Waals surface area contributed by atoms with E-state index >= 15 is 0 Å². The molecule has 1 aromatic heterocycles. The van der Waals surface area contributed by atoms with Crippen molar-refractivity contribution in [3.63, 3.8) is 0 Å². The lowest BCUT2D eigenvalue weighted by atomic mass is 9.87. The predicted octanol–water partition coefficient (Wildman–Crippen LogP) is 5.28. The van der Waals surface area contributed by atoms with Gasteiger partial charge in [-0.1, -0.05) is 62.1 Å². The van der Waals surface area contributed by atoms with Gasteiger partial charge in [0.05, 0.1) is 15.7 Å². The Balaban J connectivity index is 1.74. The lowest BCUT2D eigenvalue weighted by molar-refractivity contribution is -0.118. The fourth-order valence-corrected chi connectivity index (χ4v) is 6.25. The number of carbonyl (C=O) groups is 1. The molecule has 5 nitrogen and oxygen atoms in total. The molecule has 0 saturated heterocycles. The summed E-state index contributed by atoms with van der Waals surface area (Å²) in [5.41, 5.74) is 0.558. The van der Waals surface area contributed by atoms with Crippen LogP contribution in [0.2, 0.25) is 0 Å². The first kappa shape index (κ1) is 20.8. The minimum Gasteiger partial charge on any atom is -0.301 e. The molecule has 1 saturated carbocycles. The van der Waals surface area contributed by atoms with E-state index in [0.717, 1.165) is 25.7 Å². The molecule has 0 spiro atoms. The molecule has 2 aromatic carbocycles. The third-order valence-corrected chi connectivity index (χ3v) is 8.19. The number of nitrogens with one attached hydrogen (secondary N) is 1. The number of anilines is 1. The Labute approximate surface area is 181 Å². The third-order valence-electron chi connectivity index (χ3n) is 5.66. The van der Waals surface area contributed by atoms with Crippen molar-refractivity contribution in [1.29, 1.82) is 0 Å². The van der Waals surface area contributed by atoms with E-state index in [1.165, 1.54) is 11.3 Å². The van der Waals surface area contributed by atoms with Crippen LogP contribution >= 0.6 is 11.3 Å². The van der Waals surface area contributed by atoms with Gasteiger partial charge >= 0.3 is 0 Å². The molecule has 1 amide bonds. The topological polar surface area (TPSA) is 76.1 Å². The van der Waals surface area contributed by atoms with Gasteiger partial charge in [-0.05, 0) is 36.1 Å². The first-order valence-corrected chi connectivity index (χ1v) is 12.5. The molecule has 1 aliphatic rings. The number of aromatic nitrogens is 1. The van der Waals surface area contributed by atoms with Crippen molar-refractivity contribution in [3.05, 3.63) is 71.7 Å². The first-order chi connectivity index (χ1) is 14.6. The van der Waals surface area contributed by atoms with Crippen molar-refractivity contribution in [2.75, 3.05) is 5.32 Å². The average Bonchev–Trinajstić information content (AvgIpc) is 3.47. The lowest BCUT2D eigenvalue weighted by Gasteiger charge is -2.22. The zero-order valence-corrected chi connectivity index (χ0v) is 18.2. The third kappa shape index (κ3) is 4.47. The van der Waals surface area contributed by atoms with Gasteiger partial charge in [-0.2, -0.15) is 0 Å². The van der Waals surface area contributed by atoms with Crippen molar-refractivity contribution in [3.8, 4) is 0 Å². The molecule has 0 radical (unpaired) electrons. The SMILES string of the molecule is O=C(Nc1nccs1)C(CC1CCCC1)c1ccccc1S(=O)(=O)c1ccccc1. The van der Waals surface area contributed by atoms with E-state index < -0.39 is 15.8 Å². The largest absolute Gasteiger partial charge is 0.301 e. The first-order valence-electron chi connectivity index (χ1n) is 10.1. The number of sulfone groups is 1. The Bertz CT molecular complexity index is 1090. The van der Waals surface area contributed by atoms with Crippen LogP contribution in [0.4, 0.5) is 5.13 Å². The van der Waals surface area contributed by atoms with E-state index in [-0.39, 0.29) is 15.7 Å². The Morgan fingerprint density at radius 3 is 2.47 bits per heavy atom. The normalized spacial score (nSPS) is 15.7. The number of thiazole rings is 1. The summed E-state index contributed by atoms with van der Waals surface area (Å²) in [6.45, 7) is 0. The number of hydrogen-bond acceptors (Lipinski definition) is 5. The minimum atomic E-state index is -3.74. The average molecular weight is 441 g/mol. The summed E-state index contributed by atoms with van der Waals surface area (Å²) >= 11 is 1.35. The standard InChI is InChI=1S/C23H24N2O3S2/c26-22(25-23-24-14-15-29-23)20(16-17-8-4-5-9-17)19-12-6-7-13-21(19)30(27,28)18-10-2-1-3-11-18/h1-3,6-7,10-15,17,20H,4-5,8-9,16H2,(H,24,25,26). The molecule has 1 fully saturated rings. The van der Waals surface area contributed by atoms with E-state index in [1.807, 2.05) is 0 Å². The predicted molar refractivity (Wildman–Crippen MR) is 118 cm³/mol. The van der Waals surface area contributed by atoms with Crippen LogP contribution in [0, 0.1) is 5.92 Å². The number of benzene rings is 2. The minimum absolute atomic E-state index is 0.201. The molecule has 156 valence electrons. The van der Waals surface area contributed by atoms with Crippen LogP contribution in [0.1, 0.15) is 43.6 Å². The molecule has 1 N–H and O–H groups in total. The van der Waals surface area contributed by atoms with Gasteiger partial charge in [-0.15, -0.1) is 11.3 Å². The van der Waals surface area contributed by atoms with E-state index in [9.17, 15) is 13.2 Å². The summed E-state index contributed by atoms with van der Waals surface area (Å²) in [5.74, 6) is -0.330. The van der Waals surface area contributed by atoms with Gasteiger partial charge in [-0.25, -0.2) is 13.4 Å². The molecular weight excluding hydrogens is 416 g/mol. The number of rotatable bonds is 7. The summed E-state index contributed by atoms with van der Waals surface area (Å²) in [5, 5.41) is 5.22. The van der Waals surface area contributed by atoms with Gasteiger partial charge in [0.25, 0.3) is 0 Å². The highest BCUT2D eigenvalue weighted by Gasteiger charge is 2.32. The maximum atomic E-state index is 13.4. The summed E-state index contributed by atoms with van der Waals surface area (Å²) in [6, 6.07) is 15.3. The van der Waals surface area contributed by atoms with E-state index in [2.05, 4.69) is 10.3 Å². The van der Waals surface area contributed by atoms with Crippen LogP contribution in [0.5, 0.6) is 0 Å². The fourth-order valence-electron chi connectivity index (χ4n) is 4.17. The van der Waals surface area contributed by atoms with Gasteiger partial charge in [0.2, 0.25) is 15.7 Å². The second-order valence-corrected chi connectivity index (χ2v) is 10.4. The molecule has 1 aliphatic carbocycles. The molecule has 4 rings (SSSR count). The van der Waals surface area contributed by atoms with Crippen LogP contribution in [0.25, 0.3) is 0 Å². The molecule has 30 heavy (non-hydrogen) atoms. The van der Waals surface area contributed by atoms with Crippen LogP contribution < -0.4 is 5.32 Å². The Morgan fingerprint density at radius 1 is 1.07 bits per heavy atom. The molecule has 1 unspecified atom stereocenters. The van der Waals surface area contributed by atoms with Gasteiger partial charge in [-0.3, -0.25) is 4.79 Å². The molecule has 0 bridgehead atoms. The van der Waals surface area contributed by atoms with Crippen molar-refractivity contribution in [2.24, 2.45) is 5.92 Å². The van der Waals surface area contributed by atoms with Gasteiger partial charge in [0.15, 0.2) is 5.13 Å². The summed E-state index contributed by atoms with van der Waals surface area (Å²) in [7, 11) is -3.74. The number of nitrogens with zero attached hydrogens (tertiary/aromatic N) is 1. The molecule has 7 heteroatoms. The van der Waals surface area contributed by atoms with Crippen molar-refractivity contribution in [2.45, 2.75) is 47.8 Å². The van der Waals surface area contributed by atoms with Crippen LogP contribution in [0.3, 0.4) is 0 Å². The highest BCUT2D eigenvalue weighted by atomic mass is 32.2. The second kappa shape index (κ2) is 9.10. The second-order valence-electron chi connectivity index (χ2n) is 7.62. The summed E-state index contributed by atoms with van der Waals surface area (Å²) in [4.78, 5) is 17.9. The van der Waals surface area contributed by atoms with Crippen LogP contribution in [0.15, 0.2) is 76.0 Å². The molecule has 1 atom stereocenters. The van der Waals surface area contributed by atoms with Crippen molar-refractivity contribution < 1.29 is 13.2 Å². The smallest absolute Gasteiger partial charge is 0.233 e. The Hall–Kier alpha value is -2.51. The zero-order valence-electron chi connectivity index (χ0n) is 16.5. The van der Waals surface area contributed by atoms with Crippen LogP contribution in [-0.2, 0) is 14.6 Å². The van der Waals surface area contributed by atoms with Crippen molar-refractivity contribution in [1.82, 2.24) is 4.98 Å². The maximum Gasteiger partial charge on any atom is 0.233 e. The number of amides is 1. The summed E-state index contributed by atoms with van der Waals surface area (Å²) in [6.07, 6.45) is 6.76. The highest BCUT2D eigenvalue weighted by molar-refractivity contribution is 7.91. The number of carbonyl (C=O) groups excluding carboxylic acids is 1. The monoisotopic (exact) mass is 440 g/mol. The highest BCUT2D eigenvalue weighted by Crippen LogP contribution is 2.38. The Kier molecular flexibility index (Phi) is 6.29. The maximum absolute atomic E-state index is 13.4. The molecule has 3 aromatic rings. The van der Waals surface area contributed by atoms with E-state index in [4.69, 9.17) is 0 Å². The lowest BCUT2D eigenvalue weighted by Crippen LogP contribution is -2.24. The van der Waals surface area contributed by atoms with Crippen LogP contribution in [-0.4, -0.2) is 19.3 Å². The Morgan fingerprint density at radius 2 is 1.77 bits per heavy atom. The van der Waals surface area contributed by atoms with Gasteiger partial charge < -0.3 is 5.32 Å². The summed E-state index contributed by atoms with van der Waals surface area (Å²) < 4.78 is 26.8. The van der Waals surface area contributed by atoms with Gasteiger partial charge in [0.1, 0.15) is 0 Å². The molecular formula is C23H24N2O3S2. The van der Waals surface area contributed by atoms with E-state index in [0.29, 0.717) is 23.0 Å². The number of hydrogen-bond donors (Lipinski definition) is 1. The van der Waals surface area contributed by atoms with Crippen molar-refractivity contribution >= 4 is 32.2 Å². The molecule has 0 aliphatic heterocycles. The quantitative estimate of drug-likeness (QED) is 0.542. The fraction of sp³-hybridized carbons (Fsp3) is 0.304.